The normalized spacial score (nSPS) is 14.5. The number of nitrogens with zero attached hydrogens (tertiary/aromatic N) is 1. The first-order valence-electron chi connectivity index (χ1n) is 9.44. The molecule has 0 bridgehead atoms. The average Bonchev–Trinajstić information content (AvgIpc) is 3.34. The molecular formula is C21H32ClNO3. The number of rotatable bonds is 7. The van der Waals surface area contributed by atoms with Gasteiger partial charge in [0.25, 0.3) is 0 Å². The van der Waals surface area contributed by atoms with Gasteiger partial charge >= 0.3 is 6.09 Å². The standard InChI is InChI=1S/C21H32ClNO3/c1-14(2)18-12-16(15(3)11-19(18)25-10-9-22)13-23(17-7-8-17)20(24)26-21(4,5)6/h11-12,14,17H,7-10,13H2,1-6H3. The number of carbonyl (C=O) groups excluding carboxylic acids is 1. The third-order valence-electron chi connectivity index (χ3n) is 4.38. The summed E-state index contributed by atoms with van der Waals surface area (Å²) in [6, 6.07) is 4.53. The molecule has 5 heteroatoms. The Balaban J connectivity index is 2.25. The number of alkyl halides is 1. The zero-order valence-corrected chi connectivity index (χ0v) is 17.7. The van der Waals surface area contributed by atoms with Gasteiger partial charge in [-0.15, -0.1) is 11.6 Å². The van der Waals surface area contributed by atoms with Gasteiger partial charge in [-0.1, -0.05) is 13.8 Å². The maximum absolute atomic E-state index is 12.6. The summed E-state index contributed by atoms with van der Waals surface area (Å²) < 4.78 is 11.4. The van der Waals surface area contributed by atoms with Crippen LogP contribution in [0.4, 0.5) is 4.79 Å². The lowest BCUT2D eigenvalue weighted by Gasteiger charge is -2.28. The van der Waals surface area contributed by atoms with Crippen LogP contribution in [-0.4, -0.2) is 35.1 Å². The summed E-state index contributed by atoms with van der Waals surface area (Å²) in [7, 11) is 0. The molecule has 1 aromatic rings. The van der Waals surface area contributed by atoms with Gasteiger partial charge in [-0.25, -0.2) is 4.79 Å². The van der Waals surface area contributed by atoms with Crippen molar-refractivity contribution >= 4 is 17.7 Å². The van der Waals surface area contributed by atoms with Crippen LogP contribution in [0, 0.1) is 6.92 Å². The molecule has 0 unspecified atom stereocenters. The van der Waals surface area contributed by atoms with Gasteiger partial charge < -0.3 is 14.4 Å². The van der Waals surface area contributed by atoms with E-state index in [1.54, 1.807) is 0 Å². The van der Waals surface area contributed by atoms with E-state index >= 15 is 0 Å². The van der Waals surface area contributed by atoms with Crippen LogP contribution in [0.2, 0.25) is 0 Å². The molecule has 0 saturated heterocycles. The van der Waals surface area contributed by atoms with Crippen molar-refractivity contribution in [3.63, 3.8) is 0 Å². The largest absolute Gasteiger partial charge is 0.492 e. The lowest BCUT2D eigenvalue weighted by molar-refractivity contribution is 0.0216. The minimum Gasteiger partial charge on any atom is -0.492 e. The van der Waals surface area contributed by atoms with Gasteiger partial charge in [0.1, 0.15) is 18.0 Å². The molecule has 1 saturated carbocycles. The number of aryl methyl sites for hydroxylation is 1. The Morgan fingerprint density at radius 3 is 2.46 bits per heavy atom. The van der Waals surface area contributed by atoms with Crippen molar-refractivity contribution in [2.24, 2.45) is 0 Å². The van der Waals surface area contributed by atoms with Crippen molar-refractivity contribution in [2.75, 3.05) is 12.5 Å². The Labute approximate surface area is 162 Å². The maximum atomic E-state index is 12.6. The van der Waals surface area contributed by atoms with E-state index < -0.39 is 5.60 Å². The Morgan fingerprint density at radius 1 is 1.31 bits per heavy atom. The van der Waals surface area contributed by atoms with Gasteiger partial charge in [-0.3, -0.25) is 0 Å². The molecule has 0 spiro atoms. The molecule has 146 valence electrons. The molecule has 4 nitrogen and oxygen atoms in total. The summed E-state index contributed by atoms with van der Waals surface area (Å²) >= 11 is 5.77. The molecule has 2 rings (SSSR count). The lowest BCUT2D eigenvalue weighted by atomic mass is 9.96. The Kier molecular flexibility index (Phi) is 6.84. The molecule has 0 radical (unpaired) electrons. The van der Waals surface area contributed by atoms with Crippen molar-refractivity contribution < 1.29 is 14.3 Å². The molecule has 26 heavy (non-hydrogen) atoms. The highest BCUT2D eigenvalue weighted by Gasteiger charge is 2.35. The predicted octanol–water partition coefficient (Wildman–Crippen LogP) is 5.64. The van der Waals surface area contributed by atoms with Gasteiger partial charge in [0.15, 0.2) is 0 Å². The van der Waals surface area contributed by atoms with Gasteiger partial charge in [-0.2, -0.15) is 0 Å². The van der Waals surface area contributed by atoms with Crippen LogP contribution < -0.4 is 4.74 Å². The highest BCUT2D eigenvalue weighted by atomic mass is 35.5. The van der Waals surface area contributed by atoms with Gasteiger partial charge in [0.05, 0.1) is 5.88 Å². The van der Waals surface area contributed by atoms with Crippen LogP contribution in [-0.2, 0) is 11.3 Å². The maximum Gasteiger partial charge on any atom is 0.410 e. The minimum absolute atomic E-state index is 0.229. The van der Waals surface area contributed by atoms with Crippen LogP contribution in [0.5, 0.6) is 5.75 Å². The number of halogens is 1. The average molecular weight is 382 g/mol. The zero-order chi connectivity index (χ0) is 19.5. The highest BCUT2D eigenvalue weighted by Crippen LogP contribution is 2.34. The smallest absolute Gasteiger partial charge is 0.410 e. The molecule has 1 aliphatic rings. The van der Waals surface area contributed by atoms with Crippen LogP contribution in [0.3, 0.4) is 0 Å². The molecule has 1 amide bonds. The van der Waals surface area contributed by atoms with Crippen LogP contribution >= 0.6 is 11.6 Å². The van der Waals surface area contributed by atoms with E-state index in [-0.39, 0.29) is 6.09 Å². The van der Waals surface area contributed by atoms with Gasteiger partial charge in [-0.05, 0) is 75.3 Å². The zero-order valence-electron chi connectivity index (χ0n) is 16.9. The van der Waals surface area contributed by atoms with Crippen molar-refractivity contribution in [3.8, 4) is 5.75 Å². The first kappa shape index (κ1) is 20.9. The topological polar surface area (TPSA) is 38.8 Å². The molecule has 0 aromatic heterocycles. The summed E-state index contributed by atoms with van der Waals surface area (Å²) in [6.07, 6.45) is 1.87. The summed E-state index contributed by atoms with van der Waals surface area (Å²) in [5.74, 6) is 1.68. The number of ether oxygens (including phenoxy) is 2. The van der Waals surface area contributed by atoms with E-state index in [1.165, 1.54) is 0 Å². The summed E-state index contributed by atoms with van der Waals surface area (Å²) in [6.45, 7) is 13.1. The molecular weight excluding hydrogens is 350 g/mol. The van der Waals surface area contributed by atoms with Crippen molar-refractivity contribution in [1.29, 1.82) is 0 Å². The quantitative estimate of drug-likeness (QED) is 0.574. The van der Waals surface area contributed by atoms with E-state index in [0.717, 1.165) is 35.3 Å². The number of hydrogen-bond acceptors (Lipinski definition) is 3. The van der Waals surface area contributed by atoms with E-state index in [0.29, 0.717) is 31.0 Å². The van der Waals surface area contributed by atoms with Crippen LogP contribution in [0.1, 0.15) is 70.1 Å². The van der Waals surface area contributed by atoms with Crippen molar-refractivity contribution in [1.82, 2.24) is 4.90 Å². The number of benzene rings is 1. The predicted molar refractivity (Wildman–Crippen MR) is 106 cm³/mol. The second kappa shape index (κ2) is 8.51. The van der Waals surface area contributed by atoms with Crippen LogP contribution in [0.15, 0.2) is 12.1 Å². The molecule has 0 atom stereocenters. The summed E-state index contributed by atoms with van der Waals surface area (Å²) in [5.41, 5.74) is 2.93. The Hall–Kier alpha value is -1.42. The number of hydrogen-bond donors (Lipinski definition) is 0. The lowest BCUT2D eigenvalue weighted by Crippen LogP contribution is -2.38. The highest BCUT2D eigenvalue weighted by molar-refractivity contribution is 6.18. The third kappa shape index (κ3) is 5.80. The first-order valence-corrected chi connectivity index (χ1v) is 9.97. The second-order valence-electron chi connectivity index (χ2n) is 8.35. The fourth-order valence-corrected chi connectivity index (χ4v) is 2.95. The van der Waals surface area contributed by atoms with Gasteiger partial charge in [0, 0.05) is 12.6 Å². The molecule has 1 fully saturated rings. The first-order chi connectivity index (χ1) is 12.1. The van der Waals surface area contributed by atoms with Crippen LogP contribution in [0.25, 0.3) is 0 Å². The van der Waals surface area contributed by atoms with E-state index in [4.69, 9.17) is 21.1 Å². The summed E-state index contributed by atoms with van der Waals surface area (Å²) in [5, 5.41) is 0. The van der Waals surface area contributed by atoms with E-state index in [1.807, 2.05) is 25.7 Å². The number of carbonyl (C=O) groups is 1. The Morgan fingerprint density at radius 2 is 1.96 bits per heavy atom. The molecule has 0 heterocycles. The van der Waals surface area contributed by atoms with Gasteiger partial charge in [0.2, 0.25) is 0 Å². The van der Waals surface area contributed by atoms with E-state index in [9.17, 15) is 4.79 Å². The Bertz CT molecular complexity index is 633. The second-order valence-corrected chi connectivity index (χ2v) is 8.73. The fourth-order valence-electron chi connectivity index (χ4n) is 2.87. The van der Waals surface area contributed by atoms with Crippen molar-refractivity contribution in [2.45, 2.75) is 78.5 Å². The fraction of sp³-hybridized carbons (Fsp3) is 0.667. The SMILES string of the molecule is Cc1cc(OCCCl)c(C(C)C)cc1CN(C(=O)OC(C)(C)C)C1CC1. The van der Waals surface area contributed by atoms with E-state index in [2.05, 4.69) is 32.9 Å². The minimum atomic E-state index is -0.485. The molecule has 0 aliphatic heterocycles. The van der Waals surface area contributed by atoms with Crippen molar-refractivity contribution in [3.05, 3.63) is 28.8 Å². The number of amides is 1. The monoisotopic (exact) mass is 381 g/mol. The third-order valence-corrected chi connectivity index (χ3v) is 4.54. The molecule has 1 aromatic carbocycles. The molecule has 0 N–H and O–H groups in total. The summed E-state index contributed by atoms with van der Waals surface area (Å²) in [4.78, 5) is 14.5. The molecule has 1 aliphatic carbocycles.